The number of carbonyl (C=O) groups is 1. The first-order valence-electron chi connectivity index (χ1n) is 6.55. The zero-order chi connectivity index (χ0) is 15.5. The van der Waals surface area contributed by atoms with Gasteiger partial charge in [0.2, 0.25) is 0 Å². The Hall–Kier alpha value is -2.15. The molecule has 21 heavy (non-hydrogen) atoms. The number of pyridine rings is 1. The van der Waals surface area contributed by atoms with Crippen LogP contribution in [0.5, 0.6) is 0 Å². The second-order valence-electron chi connectivity index (χ2n) is 4.96. The zero-order valence-electron chi connectivity index (χ0n) is 12.2. The maximum absolute atomic E-state index is 11.8. The van der Waals surface area contributed by atoms with Gasteiger partial charge in [-0.05, 0) is 26.8 Å². The van der Waals surface area contributed by atoms with Gasteiger partial charge in [0.15, 0.2) is 0 Å². The van der Waals surface area contributed by atoms with Crippen molar-refractivity contribution in [2.45, 2.75) is 26.3 Å². The molecule has 0 radical (unpaired) electrons. The summed E-state index contributed by atoms with van der Waals surface area (Å²) in [6, 6.07) is 1.60. The highest BCUT2D eigenvalue weighted by molar-refractivity contribution is 7.09. The Bertz CT molecular complexity index is 626. The highest BCUT2D eigenvalue weighted by Crippen LogP contribution is 2.27. The average Bonchev–Trinajstić information content (AvgIpc) is 2.96. The van der Waals surface area contributed by atoms with Gasteiger partial charge in [-0.15, -0.1) is 11.3 Å². The van der Waals surface area contributed by atoms with E-state index in [1.807, 2.05) is 19.2 Å². The normalized spacial score (nSPS) is 11.2. The monoisotopic (exact) mass is 306 g/mol. The maximum Gasteiger partial charge on any atom is 0.340 e. The van der Waals surface area contributed by atoms with E-state index < -0.39 is 11.5 Å². The van der Waals surface area contributed by atoms with Crippen LogP contribution in [0, 0.1) is 0 Å². The SMILES string of the molecule is CCOC(=O)c1cc(NC(C)(C)c2nccs2)ncc1N. The topological polar surface area (TPSA) is 90.1 Å². The quantitative estimate of drug-likeness (QED) is 0.825. The van der Waals surface area contributed by atoms with Crippen molar-refractivity contribution in [2.75, 3.05) is 17.7 Å². The van der Waals surface area contributed by atoms with Gasteiger partial charge in [0.1, 0.15) is 10.8 Å². The highest BCUT2D eigenvalue weighted by atomic mass is 32.1. The number of carbonyl (C=O) groups excluding carboxylic acids is 1. The number of thiazole rings is 1. The lowest BCUT2D eigenvalue weighted by Gasteiger charge is -2.24. The molecule has 112 valence electrons. The summed E-state index contributed by atoms with van der Waals surface area (Å²) in [4.78, 5) is 20.4. The molecule has 7 heteroatoms. The molecule has 0 saturated carbocycles. The van der Waals surface area contributed by atoms with Crippen molar-refractivity contribution in [3.8, 4) is 0 Å². The van der Waals surface area contributed by atoms with E-state index in [1.165, 1.54) is 6.20 Å². The molecule has 0 unspecified atom stereocenters. The first kappa shape index (κ1) is 15.2. The van der Waals surface area contributed by atoms with Gasteiger partial charge in [-0.3, -0.25) is 0 Å². The predicted octanol–water partition coefficient (Wildman–Crippen LogP) is 2.64. The Morgan fingerprint density at radius 2 is 2.24 bits per heavy atom. The third-order valence-corrected chi connectivity index (χ3v) is 3.93. The van der Waals surface area contributed by atoms with E-state index >= 15 is 0 Å². The van der Waals surface area contributed by atoms with Crippen LogP contribution in [0.4, 0.5) is 11.5 Å². The summed E-state index contributed by atoms with van der Waals surface area (Å²) in [6.45, 7) is 6.04. The molecule has 0 saturated heterocycles. The second kappa shape index (κ2) is 6.09. The molecule has 2 rings (SSSR count). The predicted molar refractivity (Wildman–Crippen MR) is 83.4 cm³/mol. The van der Waals surface area contributed by atoms with Gasteiger partial charge in [0, 0.05) is 11.6 Å². The fraction of sp³-hybridized carbons (Fsp3) is 0.357. The number of esters is 1. The van der Waals surface area contributed by atoms with Crippen molar-refractivity contribution < 1.29 is 9.53 Å². The molecule has 0 aromatic carbocycles. The fourth-order valence-corrected chi connectivity index (χ4v) is 2.54. The molecule has 0 aliphatic rings. The number of nitrogen functional groups attached to an aromatic ring is 1. The summed E-state index contributed by atoms with van der Waals surface area (Å²) >= 11 is 1.55. The number of aromatic nitrogens is 2. The molecule has 0 fully saturated rings. The molecule has 0 amide bonds. The van der Waals surface area contributed by atoms with Crippen LogP contribution in [0.15, 0.2) is 23.8 Å². The molecule has 2 aromatic rings. The van der Waals surface area contributed by atoms with Crippen LogP contribution in [0.2, 0.25) is 0 Å². The molecule has 6 nitrogen and oxygen atoms in total. The number of anilines is 2. The number of hydrogen-bond acceptors (Lipinski definition) is 7. The van der Waals surface area contributed by atoms with Crippen LogP contribution in [0.3, 0.4) is 0 Å². The summed E-state index contributed by atoms with van der Waals surface area (Å²) in [5.74, 6) is 0.0972. The minimum absolute atomic E-state index is 0.297. The molecule has 0 atom stereocenters. The van der Waals surface area contributed by atoms with Crippen LogP contribution < -0.4 is 11.1 Å². The minimum atomic E-state index is -0.451. The van der Waals surface area contributed by atoms with Crippen LogP contribution in [0.25, 0.3) is 0 Å². The lowest BCUT2D eigenvalue weighted by Crippen LogP contribution is -2.28. The largest absolute Gasteiger partial charge is 0.462 e. The third-order valence-electron chi connectivity index (χ3n) is 2.84. The lowest BCUT2D eigenvalue weighted by molar-refractivity contribution is 0.0527. The molecule has 0 bridgehead atoms. The molecule has 3 N–H and O–H groups in total. The summed E-state index contributed by atoms with van der Waals surface area (Å²) in [6.07, 6.45) is 3.20. The van der Waals surface area contributed by atoms with Crippen molar-refractivity contribution in [2.24, 2.45) is 0 Å². The van der Waals surface area contributed by atoms with Gasteiger partial charge >= 0.3 is 5.97 Å². The summed E-state index contributed by atoms with van der Waals surface area (Å²) in [5.41, 5.74) is 5.98. The number of nitrogens with zero attached hydrogens (tertiary/aromatic N) is 2. The smallest absolute Gasteiger partial charge is 0.340 e. The van der Waals surface area contributed by atoms with Crippen molar-refractivity contribution in [3.63, 3.8) is 0 Å². The van der Waals surface area contributed by atoms with Crippen LogP contribution >= 0.6 is 11.3 Å². The Labute approximate surface area is 127 Å². The molecule has 2 aromatic heterocycles. The number of nitrogens with two attached hydrogens (primary N) is 1. The number of hydrogen-bond donors (Lipinski definition) is 2. The van der Waals surface area contributed by atoms with Crippen molar-refractivity contribution in [3.05, 3.63) is 34.4 Å². The van der Waals surface area contributed by atoms with Crippen molar-refractivity contribution >= 4 is 28.8 Å². The third kappa shape index (κ3) is 3.49. The Balaban J connectivity index is 2.25. The van der Waals surface area contributed by atoms with E-state index in [-0.39, 0.29) is 0 Å². The molecule has 0 aliphatic carbocycles. The van der Waals surface area contributed by atoms with Gasteiger partial charge in [0.05, 0.1) is 29.6 Å². The molecule has 2 heterocycles. The minimum Gasteiger partial charge on any atom is -0.462 e. The number of rotatable bonds is 5. The van der Waals surface area contributed by atoms with Crippen molar-refractivity contribution in [1.29, 1.82) is 0 Å². The van der Waals surface area contributed by atoms with Gasteiger partial charge < -0.3 is 15.8 Å². The summed E-state index contributed by atoms with van der Waals surface area (Å²) in [5, 5.41) is 6.10. The Kier molecular flexibility index (Phi) is 4.42. The molecular weight excluding hydrogens is 288 g/mol. The van der Waals surface area contributed by atoms with E-state index in [1.54, 1.807) is 30.5 Å². The summed E-state index contributed by atoms with van der Waals surface area (Å²) in [7, 11) is 0. The first-order valence-corrected chi connectivity index (χ1v) is 7.43. The number of ether oxygens (including phenoxy) is 1. The van der Waals surface area contributed by atoms with Gasteiger partial charge in [-0.2, -0.15) is 0 Å². The highest BCUT2D eigenvalue weighted by Gasteiger charge is 2.24. The van der Waals surface area contributed by atoms with E-state index in [0.717, 1.165) is 5.01 Å². The van der Waals surface area contributed by atoms with Gasteiger partial charge in [0.25, 0.3) is 0 Å². The van der Waals surface area contributed by atoms with Crippen molar-refractivity contribution in [1.82, 2.24) is 9.97 Å². The molecular formula is C14H18N4O2S. The van der Waals surface area contributed by atoms with Gasteiger partial charge in [-0.25, -0.2) is 14.8 Å². The van der Waals surface area contributed by atoms with Crippen LogP contribution in [0.1, 0.15) is 36.1 Å². The van der Waals surface area contributed by atoms with Crippen LogP contribution in [-0.4, -0.2) is 22.5 Å². The van der Waals surface area contributed by atoms with Crippen LogP contribution in [-0.2, 0) is 10.3 Å². The molecule has 0 aliphatic heterocycles. The van der Waals surface area contributed by atoms with E-state index in [0.29, 0.717) is 23.7 Å². The fourth-order valence-electron chi connectivity index (χ4n) is 1.83. The Morgan fingerprint density at radius 1 is 1.48 bits per heavy atom. The standard InChI is InChI=1S/C14H18N4O2S/c1-4-20-12(19)9-7-11(17-8-10(9)15)18-14(2,3)13-16-5-6-21-13/h5-8H,4,15H2,1-3H3,(H,17,18). The zero-order valence-corrected chi connectivity index (χ0v) is 13.0. The average molecular weight is 306 g/mol. The number of nitrogens with one attached hydrogen (secondary N) is 1. The Morgan fingerprint density at radius 3 is 2.86 bits per heavy atom. The van der Waals surface area contributed by atoms with Gasteiger partial charge in [-0.1, -0.05) is 0 Å². The lowest BCUT2D eigenvalue weighted by atomic mass is 10.1. The summed E-state index contributed by atoms with van der Waals surface area (Å²) < 4.78 is 4.98. The van der Waals surface area contributed by atoms with E-state index in [4.69, 9.17) is 10.5 Å². The maximum atomic E-state index is 11.8. The molecule has 0 spiro atoms. The first-order chi connectivity index (χ1) is 9.94. The van der Waals surface area contributed by atoms with E-state index in [9.17, 15) is 4.79 Å². The van der Waals surface area contributed by atoms with E-state index in [2.05, 4.69) is 15.3 Å². The second-order valence-corrected chi connectivity index (χ2v) is 5.86.